The highest BCUT2D eigenvalue weighted by molar-refractivity contribution is 6.27. The SMILES string of the molecule is O=C(CCl)N[C@H](CO)c1ccccc1. The fourth-order valence-electron chi connectivity index (χ4n) is 1.15. The quantitative estimate of drug-likeness (QED) is 0.736. The van der Waals surface area contributed by atoms with Gasteiger partial charge in [0.1, 0.15) is 5.88 Å². The maximum absolute atomic E-state index is 11.0. The lowest BCUT2D eigenvalue weighted by molar-refractivity contribution is -0.119. The molecular formula is C10H12ClNO2. The molecule has 1 atom stereocenters. The average molecular weight is 214 g/mol. The lowest BCUT2D eigenvalue weighted by Crippen LogP contribution is -2.31. The molecule has 0 aliphatic carbocycles. The fraction of sp³-hybridized carbons (Fsp3) is 0.300. The predicted octanol–water partition coefficient (Wildman–Crippen LogP) is 1.07. The van der Waals surface area contributed by atoms with E-state index in [1.54, 1.807) is 0 Å². The molecule has 14 heavy (non-hydrogen) atoms. The molecule has 0 unspecified atom stereocenters. The molecule has 0 bridgehead atoms. The summed E-state index contributed by atoms with van der Waals surface area (Å²) >= 11 is 5.35. The van der Waals surface area contributed by atoms with E-state index in [2.05, 4.69) is 5.32 Å². The normalized spacial score (nSPS) is 12.1. The van der Waals surface area contributed by atoms with Gasteiger partial charge in [-0.25, -0.2) is 0 Å². The molecule has 0 saturated carbocycles. The molecule has 0 aromatic heterocycles. The summed E-state index contributed by atoms with van der Waals surface area (Å²) in [4.78, 5) is 11.0. The van der Waals surface area contributed by atoms with E-state index in [4.69, 9.17) is 16.7 Å². The van der Waals surface area contributed by atoms with Crippen molar-refractivity contribution in [3.63, 3.8) is 0 Å². The Morgan fingerprint density at radius 1 is 1.43 bits per heavy atom. The molecule has 0 radical (unpaired) electrons. The first kappa shape index (κ1) is 11.0. The number of aliphatic hydroxyl groups excluding tert-OH is 1. The van der Waals surface area contributed by atoms with Crippen LogP contribution in [0.25, 0.3) is 0 Å². The molecule has 76 valence electrons. The predicted molar refractivity (Wildman–Crippen MR) is 55.1 cm³/mol. The van der Waals surface area contributed by atoms with Crippen molar-refractivity contribution in [3.05, 3.63) is 35.9 Å². The van der Waals surface area contributed by atoms with Crippen molar-refractivity contribution in [2.24, 2.45) is 0 Å². The number of alkyl halides is 1. The van der Waals surface area contributed by atoms with Gasteiger partial charge in [0.05, 0.1) is 12.6 Å². The first-order valence-corrected chi connectivity index (χ1v) is 4.82. The molecule has 1 rings (SSSR count). The zero-order chi connectivity index (χ0) is 10.4. The van der Waals surface area contributed by atoms with Gasteiger partial charge in [-0.2, -0.15) is 0 Å². The summed E-state index contributed by atoms with van der Waals surface area (Å²) in [5.41, 5.74) is 0.869. The molecule has 0 saturated heterocycles. The van der Waals surface area contributed by atoms with Crippen molar-refractivity contribution in [2.45, 2.75) is 6.04 Å². The number of benzene rings is 1. The summed E-state index contributed by atoms with van der Waals surface area (Å²) in [5, 5.41) is 11.7. The van der Waals surface area contributed by atoms with Gasteiger partial charge in [-0.1, -0.05) is 30.3 Å². The van der Waals surface area contributed by atoms with Crippen LogP contribution in [0.15, 0.2) is 30.3 Å². The zero-order valence-corrected chi connectivity index (χ0v) is 8.37. The Kier molecular flexibility index (Phi) is 4.43. The minimum absolute atomic E-state index is 0.0939. The van der Waals surface area contributed by atoms with Crippen molar-refractivity contribution in [1.29, 1.82) is 0 Å². The minimum atomic E-state index is -0.373. The fourth-order valence-corrected chi connectivity index (χ4v) is 1.23. The molecular weight excluding hydrogens is 202 g/mol. The van der Waals surface area contributed by atoms with Crippen molar-refractivity contribution >= 4 is 17.5 Å². The van der Waals surface area contributed by atoms with Gasteiger partial charge in [0.2, 0.25) is 5.91 Å². The number of aliphatic hydroxyl groups is 1. The first-order valence-electron chi connectivity index (χ1n) is 4.29. The van der Waals surface area contributed by atoms with Gasteiger partial charge >= 0.3 is 0 Å². The molecule has 4 heteroatoms. The summed E-state index contributed by atoms with van der Waals surface area (Å²) in [6, 6.07) is 8.89. The number of rotatable bonds is 4. The number of amides is 1. The van der Waals surface area contributed by atoms with E-state index in [0.29, 0.717) is 0 Å². The third-order valence-corrected chi connectivity index (χ3v) is 2.08. The van der Waals surface area contributed by atoms with Crippen LogP contribution in [0.5, 0.6) is 0 Å². The van der Waals surface area contributed by atoms with Crippen LogP contribution in [-0.4, -0.2) is 23.5 Å². The maximum Gasteiger partial charge on any atom is 0.235 e. The van der Waals surface area contributed by atoms with Gasteiger partial charge < -0.3 is 10.4 Å². The van der Waals surface area contributed by atoms with Crippen molar-refractivity contribution in [1.82, 2.24) is 5.32 Å². The number of carbonyl (C=O) groups excluding carboxylic acids is 1. The van der Waals surface area contributed by atoms with Gasteiger partial charge in [0, 0.05) is 0 Å². The van der Waals surface area contributed by atoms with Crippen molar-refractivity contribution in [2.75, 3.05) is 12.5 Å². The third kappa shape index (κ3) is 3.01. The van der Waals surface area contributed by atoms with Crippen LogP contribution in [0, 0.1) is 0 Å². The number of hydrogen-bond donors (Lipinski definition) is 2. The van der Waals surface area contributed by atoms with Crippen molar-refractivity contribution in [3.8, 4) is 0 Å². The Hall–Kier alpha value is -1.06. The average Bonchev–Trinajstić information content (AvgIpc) is 2.26. The molecule has 0 aliphatic heterocycles. The third-order valence-electron chi connectivity index (χ3n) is 1.84. The topological polar surface area (TPSA) is 49.3 Å². The highest BCUT2D eigenvalue weighted by Gasteiger charge is 2.11. The van der Waals surface area contributed by atoms with E-state index in [0.717, 1.165) is 5.56 Å². The van der Waals surface area contributed by atoms with E-state index in [1.165, 1.54) is 0 Å². The Morgan fingerprint density at radius 2 is 2.07 bits per heavy atom. The Labute approximate surface area is 87.7 Å². The molecule has 3 nitrogen and oxygen atoms in total. The summed E-state index contributed by atoms with van der Waals surface area (Å²) in [6.45, 7) is -0.132. The van der Waals surface area contributed by atoms with Gasteiger partial charge in [-0.15, -0.1) is 11.6 Å². The largest absolute Gasteiger partial charge is 0.394 e. The van der Waals surface area contributed by atoms with Crippen LogP contribution < -0.4 is 5.32 Å². The zero-order valence-electron chi connectivity index (χ0n) is 7.61. The van der Waals surface area contributed by atoms with Gasteiger partial charge in [-0.3, -0.25) is 4.79 Å². The summed E-state index contributed by atoms with van der Waals surface area (Å²) in [5.74, 6) is -0.377. The van der Waals surface area contributed by atoms with E-state index in [1.807, 2.05) is 30.3 Å². The van der Waals surface area contributed by atoms with Crippen LogP contribution in [0.2, 0.25) is 0 Å². The van der Waals surface area contributed by atoms with E-state index < -0.39 is 0 Å². The highest BCUT2D eigenvalue weighted by Crippen LogP contribution is 2.11. The highest BCUT2D eigenvalue weighted by atomic mass is 35.5. The van der Waals surface area contributed by atoms with E-state index in [-0.39, 0.29) is 24.4 Å². The molecule has 2 N–H and O–H groups in total. The van der Waals surface area contributed by atoms with Crippen molar-refractivity contribution < 1.29 is 9.90 Å². The first-order chi connectivity index (χ1) is 6.77. The molecule has 1 aromatic rings. The second kappa shape index (κ2) is 5.62. The molecule has 0 heterocycles. The molecule has 0 fully saturated rings. The number of nitrogens with one attached hydrogen (secondary N) is 1. The second-order valence-electron chi connectivity index (χ2n) is 2.85. The minimum Gasteiger partial charge on any atom is -0.394 e. The van der Waals surface area contributed by atoms with Crippen LogP contribution in [-0.2, 0) is 4.79 Å². The summed E-state index contributed by atoms with van der Waals surface area (Å²) in [7, 11) is 0. The monoisotopic (exact) mass is 213 g/mol. The Morgan fingerprint density at radius 3 is 2.57 bits per heavy atom. The molecule has 0 aliphatic rings. The number of hydrogen-bond acceptors (Lipinski definition) is 2. The lowest BCUT2D eigenvalue weighted by atomic mass is 10.1. The van der Waals surface area contributed by atoms with Gasteiger partial charge in [0.15, 0.2) is 0 Å². The number of carbonyl (C=O) groups is 1. The maximum atomic E-state index is 11.0. The Bertz CT molecular complexity index is 289. The van der Waals surface area contributed by atoms with E-state index >= 15 is 0 Å². The van der Waals surface area contributed by atoms with Gasteiger partial charge in [-0.05, 0) is 5.56 Å². The van der Waals surface area contributed by atoms with Crippen LogP contribution in [0.1, 0.15) is 11.6 Å². The summed E-state index contributed by atoms with van der Waals surface area (Å²) < 4.78 is 0. The van der Waals surface area contributed by atoms with E-state index in [9.17, 15) is 4.79 Å². The van der Waals surface area contributed by atoms with Crippen LogP contribution in [0.4, 0.5) is 0 Å². The standard InChI is InChI=1S/C10H12ClNO2/c11-6-10(14)12-9(7-13)8-4-2-1-3-5-8/h1-5,9,13H,6-7H2,(H,12,14)/t9-/m1/s1. The molecule has 1 amide bonds. The molecule has 0 spiro atoms. The van der Waals surface area contributed by atoms with Crippen LogP contribution in [0.3, 0.4) is 0 Å². The number of halogens is 1. The molecule has 1 aromatic carbocycles. The summed E-state index contributed by atoms with van der Waals surface area (Å²) in [6.07, 6.45) is 0. The smallest absolute Gasteiger partial charge is 0.235 e. The second-order valence-corrected chi connectivity index (χ2v) is 3.11. The van der Waals surface area contributed by atoms with Gasteiger partial charge in [0.25, 0.3) is 0 Å². The lowest BCUT2D eigenvalue weighted by Gasteiger charge is -2.15. The van der Waals surface area contributed by atoms with Crippen LogP contribution >= 0.6 is 11.6 Å². The Balaban J connectivity index is 2.68.